The number of H-pyrrole nitrogens is 1. The van der Waals surface area contributed by atoms with E-state index in [1.54, 1.807) is 6.92 Å². The molecule has 0 aliphatic heterocycles. The van der Waals surface area contributed by atoms with Crippen LogP contribution in [0.1, 0.15) is 17.3 Å². The summed E-state index contributed by atoms with van der Waals surface area (Å²) in [5.74, 6) is -4.05. The second-order valence-corrected chi connectivity index (χ2v) is 4.07. The molecule has 2 aromatic rings. The first-order chi connectivity index (χ1) is 9.70. The highest BCUT2D eigenvalue weighted by Gasteiger charge is 2.60. The Morgan fingerprint density at radius 3 is 2.33 bits per heavy atom. The molecule has 0 radical (unpaired) electrons. The predicted octanol–water partition coefficient (Wildman–Crippen LogP) is 2.17. The summed E-state index contributed by atoms with van der Waals surface area (Å²) in [6.07, 6.45) is -5.72. The molecule has 21 heavy (non-hydrogen) atoms. The number of rotatable bonds is 4. The summed E-state index contributed by atoms with van der Waals surface area (Å²) in [6, 6.07) is 1.54. The normalized spacial score (nSPS) is 12.5. The smallest absolute Gasteiger partial charge is 0.361 e. The molecule has 114 valence electrons. The molecule has 0 aromatic carbocycles. The number of halogens is 5. The number of aryl methyl sites for hydroxylation is 1. The Hall–Kier alpha value is -2.33. The van der Waals surface area contributed by atoms with Crippen LogP contribution in [0, 0.1) is 6.92 Å². The molecule has 0 bridgehead atoms. The topological polar surface area (TPSA) is 79.4 Å². The molecule has 0 saturated heterocycles. The maximum Gasteiger partial charge on any atom is 0.459 e. The van der Waals surface area contributed by atoms with Gasteiger partial charge in [-0.15, -0.1) is 10.2 Å². The van der Waals surface area contributed by atoms with Gasteiger partial charge in [-0.25, -0.2) is 4.98 Å². The number of aromatic amines is 1. The zero-order valence-electron chi connectivity index (χ0n) is 10.5. The molecule has 11 heteroatoms. The molecule has 0 spiro atoms. The third-order valence-corrected chi connectivity index (χ3v) is 2.41. The average Bonchev–Trinajstić information content (AvgIpc) is 2.81. The van der Waals surface area contributed by atoms with Crippen molar-refractivity contribution in [1.29, 1.82) is 0 Å². The number of hydrogen-bond donors (Lipinski definition) is 2. The van der Waals surface area contributed by atoms with Gasteiger partial charge in [0.15, 0.2) is 5.82 Å². The third-order valence-electron chi connectivity index (χ3n) is 2.41. The lowest BCUT2D eigenvalue weighted by Gasteiger charge is -2.18. The van der Waals surface area contributed by atoms with Crippen molar-refractivity contribution in [2.24, 2.45) is 0 Å². The largest absolute Gasteiger partial charge is 0.459 e. The lowest BCUT2D eigenvalue weighted by molar-refractivity contribution is -0.291. The third kappa shape index (κ3) is 3.23. The van der Waals surface area contributed by atoms with Crippen LogP contribution >= 0.6 is 0 Å². The predicted molar refractivity (Wildman–Crippen MR) is 60.4 cm³/mol. The molecule has 2 heterocycles. The molecule has 0 amide bonds. The van der Waals surface area contributed by atoms with Crippen LogP contribution < -0.4 is 5.32 Å². The van der Waals surface area contributed by atoms with Gasteiger partial charge >= 0.3 is 12.1 Å². The summed E-state index contributed by atoms with van der Waals surface area (Å²) in [7, 11) is 0. The van der Waals surface area contributed by atoms with Crippen LogP contribution in [0.3, 0.4) is 0 Å². The molecule has 0 atom stereocenters. The van der Waals surface area contributed by atoms with E-state index in [2.05, 4.69) is 30.7 Å². The van der Waals surface area contributed by atoms with Gasteiger partial charge in [0.25, 0.3) is 0 Å². The van der Waals surface area contributed by atoms with Gasteiger partial charge in [-0.3, -0.25) is 5.10 Å². The molecule has 6 nitrogen and oxygen atoms in total. The molecule has 2 rings (SSSR count). The van der Waals surface area contributed by atoms with Crippen LogP contribution in [-0.4, -0.2) is 31.6 Å². The van der Waals surface area contributed by atoms with Gasteiger partial charge in [-0.1, -0.05) is 0 Å². The molecule has 0 aliphatic carbocycles. The van der Waals surface area contributed by atoms with E-state index in [1.165, 1.54) is 0 Å². The lowest BCUT2D eigenvalue weighted by atomic mass is 10.2. The second kappa shape index (κ2) is 5.22. The van der Waals surface area contributed by atoms with E-state index in [4.69, 9.17) is 0 Å². The van der Waals surface area contributed by atoms with Gasteiger partial charge < -0.3 is 5.32 Å². The number of nitrogens with one attached hydrogen (secondary N) is 2. The molecule has 2 N–H and O–H groups in total. The number of anilines is 1. The van der Waals surface area contributed by atoms with E-state index in [9.17, 15) is 22.0 Å². The minimum Gasteiger partial charge on any atom is -0.361 e. The number of nitrogens with zero attached hydrogens (tertiary/aromatic N) is 4. The maximum atomic E-state index is 13.0. The van der Waals surface area contributed by atoms with Crippen molar-refractivity contribution in [1.82, 2.24) is 25.4 Å². The van der Waals surface area contributed by atoms with Gasteiger partial charge in [0.05, 0.1) is 6.54 Å². The van der Waals surface area contributed by atoms with E-state index < -0.39 is 17.8 Å². The Bertz CT molecular complexity index is 605. The summed E-state index contributed by atoms with van der Waals surface area (Å²) in [5, 5.41) is 15.2. The van der Waals surface area contributed by atoms with Crippen molar-refractivity contribution >= 4 is 5.82 Å². The van der Waals surface area contributed by atoms with E-state index >= 15 is 0 Å². The van der Waals surface area contributed by atoms with E-state index in [0.29, 0.717) is 17.7 Å². The van der Waals surface area contributed by atoms with Gasteiger partial charge in [-0.05, 0) is 19.1 Å². The highest BCUT2D eigenvalue weighted by atomic mass is 19.4. The minimum absolute atomic E-state index is 0.0270. The van der Waals surface area contributed by atoms with Crippen LogP contribution in [0.5, 0.6) is 0 Å². The number of alkyl halides is 5. The summed E-state index contributed by atoms with van der Waals surface area (Å²) in [6.45, 7) is 1.80. The summed E-state index contributed by atoms with van der Waals surface area (Å²) >= 11 is 0. The first kappa shape index (κ1) is 15.1. The fourth-order valence-corrected chi connectivity index (χ4v) is 1.38. The lowest BCUT2D eigenvalue weighted by Crippen LogP contribution is -2.34. The van der Waals surface area contributed by atoms with Crippen molar-refractivity contribution in [3.05, 3.63) is 29.5 Å². The highest BCUT2D eigenvalue weighted by molar-refractivity contribution is 5.33. The van der Waals surface area contributed by atoms with E-state index in [0.717, 1.165) is 6.07 Å². The van der Waals surface area contributed by atoms with Gasteiger partial charge in [0, 0.05) is 0 Å². The Kier molecular flexibility index (Phi) is 3.75. The van der Waals surface area contributed by atoms with Crippen LogP contribution in [-0.2, 0) is 12.5 Å². The maximum absolute atomic E-state index is 13.0. The van der Waals surface area contributed by atoms with E-state index in [-0.39, 0.29) is 12.4 Å². The zero-order chi connectivity index (χ0) is 15.7. The molecule has 0 unspecified atom stereocenters. The van der Waals surface area contributed by atoms with Gasteiger partial charge in [-0.2, -0.15) is 27.1 Å². The van der Waals surface area contributed by atoms with Crippen LogP contribution in [0.25, 0.3) is 0 Å². The molecule has 0 aliphatic rings. The van der Waals surface area contributed by atoms with Gasteiger partial charge in [0.1, 0.15) is 17.3 Å². The highest BCUT2D eigenvalue weighted by Crippen LogP contribution is 2.42. The summed E-state index contributed by atoms with van der Waals surface area (Å²) in [5.41, 5.74) is -1.46. The quantitative estimate of drug-likeness (QED) is 0.846. The molecule has 0 saturated carbocycles. The fourth-order valence-electron chi connectivity index (χ4n) is 1.38. The molecule has 0 fully saturated rings. The summed E-state index contributed by atoms with van der Waals surface area (Å²) in [4.78, 5) is 3.97. The van der Waals surface area contributed by atoms with Gasteiger partial charge in [0.2, 0.25) is 0 Å². The molecular formula is C10H9F5N6. The standard InChI is InChI=1S/C10H9F5N6/c1-5-17-8(21-18-5)4-16-7-3-2-6(19-20-7)9(11,12)10(13,14)15/h2-3H,4H2,1H3,(H,16,20)(H,17,18,21). The van der Waals surface area contributed by atoms with Crippen LogP contribution in [0.4, 0.5) is 27.8 Å². The Morgan fingerprint density at radius 2 is 1.86 bits per heavy atom. The average molecular weight is 308 g/mol. The van der Waals surface area contributed by atoms with Crippen molar-refractivity contribution < 1.29 is 22.0 Å². The fraction of sp³-hybridized carbons (Fsp3) is 0.400. The van der Waals surface area contributed by atoms with Crippen molar-refractivity contribution in [3.8, 4) is 0 Å². The number of hydrogen-bond acceptors (Lipinski definition) is 5. The number of aromatic nitrogens is 5. The molecular weight excluding hydrogens is 299 g/mol. The minimum atomic E-state index is -5.72. The van der Waals surface area contributed by atoms with Crippen molar-refractivity contribution in [2.45, 2.75) is 25.6 Å². The van der Waals surface area contributed by atoms with E-state index in [1.807, 2.05) is 0 Å². The SMILES string of the molecule is Cc1nc(CNc2ccc(C(F)(F)C(F)(F)F)nn2)n[nH]1. The first-order valence-corrected chi connectivity index (χ1v) is 5.60. The monoisotopic (exact) mass is 308 g/mol. The Balaban J connectivity index is 2.05. The Morgan fingerprint density at radius 1 is 1.14 bits per heavy atom. The van der Waals surface area contributed by atoms with Crippen molar-refractivity contribution in [3.63, 3.8) is 0 Å². The van der Waals surface area contributed by atoms with Crippen LogP contribution in [0.15, 0.2) is 12.1 Å². The van der Waals surface area contributed by atoms with Crippen LogP contribution in [0.2, 0.25) is 0 Å². The molecule has 2 aromatic heterocycles. The first-order valence-electron chi connectivity index (χ1n) is 5.60. The second-order valence-electron chi connectivity index (χ2n) is 4.07. The van der Waals surface area contributed by atoms with Crippen molar-refractivity contribution in [2.75, 3.05) is 5.32 Å². The Labute approximate surface area is 114 Å². The summed E-state index contributed by atoms with van der Waals surface area (Å²) < 4.78 is 62.4. The zero-order valence-corrected chi connectivity index (χ0v) is 10.5.